The van der Waals surface area contributed by atoms with Crippen LogP contribution in [0, 0.1) is 11.3 Å². The van der Waals surface area contributed by atoms with Crippen LogP contribution in [0.3, 0.4) is 0 Å². The van der Waals surface area contributed by atoms with Crippen molar-refractivity contribution >= 4 is 17.5 Å². The standard InChI is InChI=1S/C18H20OS/c1-4-18(2,3)14-9-10-16-13(17(14)19)11-12-7-5-6-8-15(12)20-16/h5-10,14H,4,11H2,1-3H3. The lowest BCUT2D eigenvalue weighted by Gasteiger charge is -2.34. The van der Waals surface area contributed by atoms with E-state index >= 15 is 0 Å². The Balaban J connectivity index is 1.95. The molecule has 1 unspecified atom stereocenters. The number of carbonyl (C=O) groups excluding carboxylic acids is 1. The first kappa shape index (κ1) is 13.7. The van der Waals surface area contributed by atoms with Crippen LogP contribution in [0.2, 0.25) is 0 Å². The summed E-state index contributed by atoms with van der Waals surface area (Å²) in [7, 11) is 0. The average Bonchev–Trinajstić information content (AvgIpc) is 2.46. The highest BCUT2D eigenvalue weighted by atomic mass is 32.2. The van der Waals surface area contributed by atoms with E-state index in [2.05, 4.69) is 57.2 Å². The Bertz CT molecular complexity index is 622. The lowest BCUT2D eigenvalue weighted by molar-refractivity contribution is -0.121. The van der Waals surface area contributed by atoms with Crippen LogP contribution < -0.4 is 0 Å². The molecule has 0 spiro atoms. The Labute approximate surface area is 125 Å². The molecule has 0 saturated carbocycles. The summed E-state index contributed by atoms with van der Waals surface area (Å²) in [4.78, 5) is 15.3. The molecule has 2 aliphatic rings. The molecule has 104 valence electrons. The molecule has 0 radical (unpaired) electrons. The minimum atomic E-state index is 0.0251. The van der Waals surface area contributed by atoms with Crippen molar-refractivity contribution in [3.05, 3.63) is 52.5 Å². The van der Waals surface area contributed by atoms with Gasteiger partial charge in [0, 0.05) is 27.7 Å². The van der Waals surface area contributed by atoms with Crippen molar-refractivity contribution in [3.63, 3.8) is 0 Å². The first-order valence-electron chi connectivity index (χ1n) is 7.24. The summed E-state index contributed by atoms with van der Waals surface area (Å²) in [6.07, 6.45) is 6.09. The fourth-order valence-electron chi connectivity index (χ4n) is 2.84. The van der Waals surface area contributed by atoms with E-state index in [-0.39, 0.29) is 11.3 Å². The Morgan fingerprint density at radius 2 is 2.05 bits per heavy atom. The fraction of sp³-hybridized carbons (Fsp3) is 0.389. The molecule has 3 rings (SSSR count). The summed E-state index contributed by atoms with van der Waals surface area (Å²) >= 11 is 1.74. The van der Waals surface area contributed by atoms with Gasteiger partial charge in [-0.05, 0) is 23.5 Å². The van der Waals surface area contributed by atoms with Crippen molar-refractivity contribution in [2.24, 2.45) is 11.3 Å². The first-order chi connectivity index (χ1) is 9.53. The van der Waals surface area contributed by atoms with Crippen molar-refractivity contribution in [1.82, 2.24) is 0 Å². The highest BCUT2D eigenvalue weighted by Gasteiger charge is 2.37. The third-order valence-corrected chi connectivity index (χ3v) is 5.85. The fourth-order valence-corrected chi connectivity index (χ4v) is 3.94. The second-order valence-electron chi connectivity index (χ2n) is 6.27. The van der Waals surface area contributed by atoms with Crippen molar-refractivity contribution in [1.29, 1.82) is 0 Å². The maximum Gasteiger partial charge on any atom is 0.167 e. The molecule has 0 amide bonds. The number of fused-ring (bicyclic) bond motifs is 1. The SMILES string of the molecule is CCC(C)(C)C1C=CC2=C(Cc3ccccc3S2)C1=O. The van der Waals surface area contributed by atoms with Gasteiger partial charge in [-0.1, -0.05) is 62.9 Å². The second kappa shape index (κ2) is 4.92. The summed E-state index contributed by atoms with van der Waals surface area (Å²) in [5, 5.41) is 0. The average molecular weight is 284 g/mol. The summed E-state index contributed by atoms with van der Waals surface area (Å²) in [6.45, 7) is 6.54. The van der Waals surface area contributed by atoms with Crippen molar-refractivity contribution in [2.75, 3.05) is 0 Å². The highest BCUT2D eigenvalue weighted by Crippen LogP contribution is 2.45. The van der Waals surface area contributed by atoms with Crippen molar-refractivity contribution < 1.29 is 4.79 Å². The molecule has 1 atom stereocenters. The smallest absolute Gasteiger partial charge is 0.167 e. The van der Waals surface area contributed by atoms with Gasteiger partial charge in [-0.2, -0.15) is 0 Å². The number of rotatable bonds is 2. The van der Waals surface area contributed by atoms with E-state index in [9.17, 15) is 4.79 Å². The van der Waals surface area contributed by atoms with E-state index in [0.717, 1.165) is 23.3 Å². The molecular weight excluding hydrogens is 264 g/mol. The Hall–Kier alpha value is -1.28. The molecule has 1 heterocycles. The summed E-state index contributed by atoms with van der Waals surface area (Å²) in [6, 6.07) is 8.40. The maximum absolute atomic E-state index is 12.9. The summed E-state index contributed by atoms with van der Waals surface area (Å²) in [5.74, 6) is 0.355. The van der Waals surface area contributed by atoms with Crippen LogP contribution in [0.1, 0.15) is 32.8 Å². The van der Waals surface area contributed by atoms with Gasteiger partial charge in [-0.15, -0.1) is 0 Å². The van der Waals surface area contributed by atoms with Gasteiger partial charge in [0.25, 0.3) is 0 Å². The van der Waals surface area contributed by atoms with E-state index < -0.39 is 0 Å². The van der Waals surface area contributed by atoms with Gasteiger partial charge in [0.2, 0.25) is 0 Å². The van der Waals surface area contributed by atoms with Gasteiger partial charge < -0.3 is 0 Å². The van der Waals surface area contributed by atoms with E-state index in [1.165, 1.54) is 10.5 Å². The van der Waals surface area contributed by atoms with Gasteiger partial charge >= 0.3 is 0 Å². The molecule has 2 heteroatoms. The van der Waals surface area contributed by atoms with Gasteiger partial charge in [0.05, 0.1) is 0 Å². The van der Waals surface area contributed by atoms with E-state index in [1.54, 1.807) is 11.8 Å². The Morgan fingerprint density at radius 3 is 2.80 bits per heavy atom. The predicted molar refractivity (Wildman–Crippen MR) is 84.7 cm³/mol. The molecule has 1 aromatic carbocycles. The molecular formula is C18H20OS. The van der Waals surface area contributed by atoms with Crippen LogP contribution in [0.25, 0.3) is 0 Å². The molecule has 0 bridgehead atoms. The molecule has 1 aromatic rings. The molecule has 1 aliphatic heterocycles. The molecule has 1 nitrogen and oxygen atoms in total. The zero-order valence-corrected chi connectivity index (χ0v) is 13.1. The van der Waals surface area contributed by atoms with Crippen molar-refractivity contribution in [3.8, 4) is 0 Å². The van der Waals surface area contributed by atoms with Crippen LogP contribution in [0.15, 0.2) is 51.8 Å². The number of carbonyl (C=O) groups is 1. The van der Waals surface area contributed by atoms with Crippen LogP contribution in [0.5, 0.6) is 0 Å². The zero-order chi connectivity index (χ0) is 14.3. The molecule has 20 heavy (non-hydrogen) atoms. The van der Waals surface area contributed by atoms with Crippen LogP contribution >= 0.6 is 11.8 Å². The third kappa shape index (κ3) is 2.16. The second-order valence-corrected chi connectivity index (χ2v) is 7.36. The van der Waals surface area contributed by atoms with Gasteiger partial charge in [-0.25, -0.2) is 0 Å². The number of ketones is 1. The maximum atomic E-state index is 12.9. The minimum Gasteiger partial charge on any atom is -0.294 e. The highest BCUT2D eigenvalue weighted by molar-refractivity contribution is 8.03. The largest absolute Gasteiger partial charge is 0.294 e. The number of benzene rings is 1. The Kier molecular flexibility index (Phi) is 3.37. The molecule has 0 aromatic heterocycles. The summed E-state index contributed by atoms with van der Waals surface area (Å²) in [5.41, 5.74) is 2.34. The van der Waals surface area contributed by atoms with Gasteiger partial charge in [-0.3, -0.25) is 4.79 Å². The number of hydrogen-bond acceptors (Lipinski definition) is 2. The number of thioether (sulfide) groups is 1. The third-order valence-electron chi connectivity index (χ3n) is 4.63. The normalized spacial score (nSPS) is 21.8. The first-order valence-corrected chi connectivity index (χ1v) is 8.06. The van der Waals surface area contributed by atoms with E-state index in [0.29, 0.717) is 5.78 Å². The quantitative estimate of drug-likeness (QED) is 0.777. The molecule has 0 fully saturated rings. The van der Waals surface area contributed by atoms with E-state index in [1.807, 2.05) is 0 Å². The minimum absolute atomic E-state index is 0.0251. The number of hydrogen-bond donors (Lipinski definition) is 0. The number of Topliss-reactive ketones (excluding diaryl/α,β-unsaturated/α-hetero) is 1. The lowest BCUT2D eigenvalue weighted by Crippen LogP contribution is -2.33. The summed E-state index contributed by atoms with van der Waals surface area (Å²) < 4.78 is 0. The Morgan fingerprint density at radius 1 is 1.30 bits per heavy atom. The van der Waals surface area contributed by atoms with Crippen molar-refractivity contribution in [2.45, 2.75) is 38.5 Å². The van der Waals surface area contributed by atoms with Gasteiger partial charge in [0.15, 0.2) is 5.78 Å². The van der Waals surface area contributed by atoms with E-state index in [4.69, 9.17) is 0 Å². The number of allylic oxidation sites excluding steroid dienone is 3. The molecule has 0 saturated heterocycles. The van der Waals surface area contributed by atoms with Crippen LogP contribution in [0.4, 0.5) is 0 Å². The monoisotopic (exact) mass is 284 g/mol. The van der Waals surface area contributed by atoms with Gasteiger partial charge in [0.1, 0.15) is 0 Å². The lowest BCUT2D eigenvalue weighted by atomic mass is 9.71. The predicted octanol–water partition coefficient (Wildman–Crippen LogP) is 4.78. The van der Waals surface area contributed by atoms with Crippen LogP contribution in [-0.2, 0) is 11.2 Å². The molecule has 0 N–H and O–H groups in total. The zero-order valence-electron chi connectivity index (χ0n) is 12.3. The van der Waals surface area contributed by atoms with Crippen LogP contribution in [-0.4, -0.2) is 5.78 Å². The molecule has 1 aliphatic carbocycles. The topological polar surface area (TPSA) is 17.1 Å².